The van der Waals surface area contributed by atoms with Gasteiger partial charge in [-0.2, -0.15) is 20.1 Å². The Labute approximate surface area is 186 Å². The summed E-state index contributed by atoms with van der Waals surface area (Å²) >= 11 is 17.7. The van der Waals surface area contributed by atoms with Crippen LogP contribution in [0.4, 0.5) is 0 Å². The minimum absolute atomic E-state index is 0.118. The number of carbonyl (C=O) groups is 1. The lowest BCUT2D eigenvalue weighted by molar-refractivity contribution is 0.0947. The number of nitrogens with zero attached hydrogens (tertiary/aromatic N) is 4. The van der Waals surface area contributed by atoms with Gasteiger partial charge in [0.25, 0.3) is 11.5 Å². The van der Waals surface area contributed by atoms with Crippen LogP contribution in [0.15, 0.2) is 52.4 Å². The van der Waals surface area contributed by atoms with Crippen molar-refractivity contribution >= 4 is 46.9 Å². The van der Waals surface area contributed by atoms with Crippen molar-refractivity contribution in [3.63, 3.8) is 0 Å². The summed E-state index contributed by atoms with van der Waals surface area (Å²) < 4.78 is 0.972. The normalized spacial score (nSPS) is 10.8. The predicted molar refractivity (Wildman–Crippen MR) is 116 cm³/mol. The molecule has 0 fully saturated rings. The zero-order valence-corrected chi connectivity index (χ0v) is 17.6. The molecule has 0 aliphatic heterocycles. The Morgan fingerprint density at radius 3 is 2.50 bits per heavy atom. The molecule has 0 atom stereocenters. The summed E-state index contributed by atoms with van der Waals surface area (Å²) in [6.45, 7) is 1.47. The van der Waals surface area contributed by atoms with Crippen molar-refractivity contribution in [1.29, 1.82) is 5.26 Å². The van der Waals surface area contributed by atoms with Crippen molar-refractivity contribution in [2.75, 3.05) is 0 Å². The van der Waals surface area contributed by atoms with E-state index in [2.05, 4.69) is 15.6 Å². The third-order valence-corrected chi connectivity index (χ3v) is 5.05. The van der Waals surface area contributed by atoms with E-state index in [1.807, 2.05) is 6.07 Å². The van der Waals surface area contributed by atoms with Crippen molar-refractivity contribution in [3.8, 4) is 11.8 Å². The first-order chi connectivity index (χ1) is 14.3. The molecule has 0 unspecified atom stereocenters. The summed E-state index contributed by atoms with van der Waals surface area (Å²) in [5, 5.41) is 18.6. The maximum absolute atomic E-state index is 12.6. The molecule has 0 saturated heterocycles. The quantitative estimate of drug-likeness (QED) is 0.467. The fourth-order valence-corrected chi connectivity index (χ4v) is 2.95. The molecule has 0 radical (unpaired) electrons. The number of halogens is 3. The van der Waals surface area contributed by atoms with Crippen LogP contribution in [0, 0.1) is 18.3 Å². The van der Waals surface area contributed by atoms with Crippen LogP contribution >= 0.6 is 34.8 Å². The minimum atomic E-state index is -0.692. The SMILES string of the molecule is Cc1c(C(=O)N/N=C/c2ccc(Cl)c(Cl)c2)nn(-c2ccc(Cl)cc2)c(=O)c1C#N. The van der Waals surface area contributed by atoms with Gasteiger partial charge in [-0.1, -0.05) is 40.9 Å². The fourth-order valence-electron chi connectivity index (χ4n) is 2.52. The molecule has 7 nitrogen and oxygen atoms in total. The smallest absolute Gasteiger partial charge is 0.266 e. The molecule has 0 bridgehead atoms. The van der Waals surface area contributed by atoms with Crippen LogP contribution in [0.3, 0.4) is 0 Å². The van der Waals surface area contributed by atoms with E-state index in [9.17, 15) is 14.9 Å². The first-order valence-corrected chi connectivity index (χ1v) is 9.53. The van der Waals surface area contributed by atoms with Crippen LogP contribution in [0.25, 0.3) is 5.69 Å². The molecule has 2 aromatic carbocycles. The van der Waals surface area contributed by atoms with Gasteiger partial charge in [-0.3, -0.25) is 9.59 Å². The lowest BCUT2D eigenvalue weighted by Crippen LogP contribution is -2.31. The Balaban J connectivity index is 1.95. The molecule has 0 saturated carbocycles. The largest absolute Gasteiger partial charge is 0.292 e. The molecule has 3 rings (SSSR count). The zero-order chi connectivity index (χ0) is 21.8. The molecule has 1 heterocycles. The van der Waals surface area contributed by atoms with Gasteiger partial charge in [0.1, 0.15) is 11.6 Å². The van der Waals surface area contributed by atoms with Gasteiger partial charge in [-0.25, -0.2) is 5.43 Å². The van der Waals surface area contributed by atoms with Crippen LogP contribution in [0.2, 0.25) is 15.1 Å². The second-order valence-corrected chi connectivity index (χ2v) is 7.28. The number of hydrogen-bond donors (Lipinski definition) is 1. The third-order valence-electron chi connectivity index (χ3n) is 4.06. The van der Waals surface area contributed by atoms with Crippen LogP contribution in [-0.2, 0) is 0 Å². The number of hydrazone groups is 1. The number of carbonyl (C=O) groups excluding carboxylic acids is 1. The number of aromatic nitrogens is 2. The van der Waals surface area contributed by atoms with Gasteiger partial charge in [-0.15, -0.1) is 0 Å². The lowest BCUT2D eigenvalue weighted by atomic mass is 10.1. The Hall–Kier alpha value is -3.18. The van der Waals surface area contributed by atoms with Crippen molar-refractivity contribution in [2.45, 2.75) is 6.92 Å². The van der Waals surface area contributed by atoms with Crippen molar-refractivity contribution in [2.24, 2.45) is 5.10 Å². The highest BCUT2D eigenvalue weighted by molar-refractivity contribution is 6.42. The van der Waals surface area contributed by atoms with Crippen molar-refractivity contribution in [1.82, 2.24) is 15.2 Å². The second kappa shape index (κ2) is 9.09. The third kappa shape index (κ3) is 4.52. The van der Waals surface area contributed by atoms with E-state index in [4.69, 9.17) is 34.8 Å². The molecule has 10 heteroatoms. The van der Waals surface area contributed by atoms with Gasteiger partial charge in [0, 0.05) is 10.6 Å². The number of hydrogen-bond acceptors (Lipinski definition) is 5. The second-order valence-electron chi connectivity index (χ2n) is 6.03. The molecule has 150 valence electrons. The van der Waals surface area contributed by atoms with E-state index < -0.39 is 11.5 Å². The average molecular weight is 461 g/mol. The van der Waals surface area contributed by atoms with Crippen molar-refractivity contribution < 1.29 is 4.79 Å². The maximum atomic E-state index is 12.6. The zero-order valence-electron chi connectivity index (χ0n) is 15.4. The maximum Gasteiger partial charge on any atom is 0.292 e. The molecule has 3 aromatic rings. The van der Waals surface area contributed by atoms with Crippen LogP contribution in [-0.4, -0.2) is 21.9 Å². The number of nitrogens with one attached hydrogen (secondary N) is 1. The summed E-state index contributed by atoms with van der Waals surface area (Å²) in [5.41, 5.74) is 2.48. The molecule has 0 spiro atoms. The standard InChI is InChI=1S/C20H12Cl3N5O2/c1-11-15(9-24)20(30)28(14-5-3-13(21)4-6-14)27-18(11)19(29)26-25-10-12-2-7-16(22)17(23)8-12/h2-8,10H,1H3,(H,26,29)/b25-10+. The molecule has 30 heavy (non-hydrogen) atoms. The number of rotatable bonds is 4. The van der Waals surface area contributed by atoms with E-state index in [0.717, 1.165) is 4.68 Å². The van der Waals surface area contributed by atoms with Crippen LogP contribution in [0.5, 0.6) is 0 Å². The van der Waals surface area contributed by atoms with E-state index in [1.165, 1.54) is 13.1 Å². The molecule has 0 aliphatic carbocycles. The summed E-state index contributed by atoms with van der Waals surface area (Å²) in [6, 6.07) is 12.9. The number of nitriles is 1. The summed E-state index contributed by atoms with van der Waals surface area (Å²) in [5.74, 6) is -0.692. The van der Waals surface area contributed by atoms with Crippen molar-refractivity contribution in [3.05, 3.63) is 90.3 Å². The van der Waals surface area contributed by atoms with Gasteiger partial charge in [0.2, 0.25) is 0 Å². The highest BCUT2D eigenvalue weighted by Crippen LogP contribution is 2.21. The van der Waals surface area contributed by atoms with Gasteiger partial charge < -0.3 is 0 Å². The number of amides is 1. The van der Waals surface area contributed by atoms with Gasteiger partial charge >= 0.3 is 0 Å². The molecule has 1 aromatic heterocycles. The van der Waals surface area contributed by atoms with E-state index >= 15 is 0 Å². The highest BCUT2D eigenvalue weighted by atomic mass is 35.5. The minimum Gasteiger partial charge on any atom is -0.266 e. The Kier molecular flexibility index (Phi) is 6.53. The topological polar surface area (TPSA) is 100 Å². The van der Waals surface area contributed by atoms with Crippen LogP contribution in [0.1, 0.15) is 27.2 Å². The Morgan fingerprint density at radius 2 is 1.87 bits per heavy atom. The van der Waals surface area contributed by atoms with E-state index in [1.54, 1.807) is 42.5 Å². The van der Waals surface area contributed by atoms with E-state index in [-0.39, 0.29) is 16.8 Å². The number of benzene rings is 2. The van der Waals surface area contributed by atoms with Gasteiger partial charge in [0.05, 0.1) is 21.9 Å². The molecule has 1 N–H and O–H groups in total. The fraction of sp³-hybridized carbons (Fsp3) is 0.0500. The molecular formula is C20H12Cl3N5O2. The van der Waals surface area contributed by atoms with Gasteiger partial charge in [0.15, 0.2) is 5.69 Å². The monoisotopic (exact) mass is 459 g/mol. The Morgan fingerprint density at radius 1 is 1.17 bits per heavy atom. The summed E-state index contributed by atoms with van der Waals surface area (Å²) in [4.78, 5) is 25.2. The average Bonchev–Trinajstić information content (AvgIpc) is 2.72. The first kappa shape index (κ1) is 21.5. The van der Waals surface area contributed by atoms with Crippen LogP contribution < -0.4 is 11.0 Å². The van der Waals surface area contributed by atoms with E-state index in [0.29, 0.717) is 26.3 Å². The summed E-state index contributed by atoms with van der Waals surface area (Å²) in [6.07, 6.45) is 1.37. The van der Waals surface area contributed by atoms with Gasteiger partial charge in [-0.05, 0) is 48.9 Å². The lowest BCUT2D eigenvalue weighted by Gasteiger charge is -2.10. The first-order valence-electron chi connectivity index (χ1n) is 8.40. The highest BCUT2D eigenvalue weighted by Gasteiger charge is 2.20. The predicted octanol–water partition coefficient (Wildman–Crippen LogP) is 4.14. The molecule has 0 aliphatic rings. The Bertz CT molecular complexity index is 1260. The molecule has 1 amide bonds. The summed E-state index contributed by atoms with van der Waals surface area (Å²) in [7, 11) is 0. The molecular weight excluding hydrogens is 449 g/mol.